The van der Waals surface area contributed by atoms with Crippen molar-refractivity contribution in [3.8, 4) is 0 Å². The molecule has 0 aliphatic carbocycles. The number of carbonyl (C=O) groups excluding carboxylic acids is 3. The summed E-state index contributed by atoms with van der Waals surface area (Å²) in [6.07, 6.45) is -0.0664. The summed E-state index contributed by atoms with van der Waals surface area (Å²) < 4.78 is 5.94. The summed E-state index contributed by atoms with van der Waals surface area (Å²) in [4.78, 5) is 37.9. The zero-order valence-electron chi connectivity index (χ0n) is 15.8. The van der Waals surface area contributed by atoms with Gasteiger partial charge in [0.15, 0.2) is 6.10 Å². The van der Waals surface area contributed by atoms with Crippen LogP contribution >= 0.6 is 11.8 Å². The van der Waals surface area contributed by atoms with Gasteiger partial charge in [-0.1, -0.05) is 60.7 Å². The predicted molar refractivity (Wildman–Crippen MR) is 110 cm³/mol. The number of ether oxygens (including phenoxy) is 1. The van der Waals surface area contributed by atoms with Gasteiger partial charge in [0.25, 0.3) is 5.91 Å². The van der Waals surface area contributed by atoms with Crippen molar-refractivity contribution < 1.29 is 19.1 Å². The van der Waals surface area contributed by atoms with E-state index in [-0.39, 0.29) is 17.0 Å². The number of benzene rings is 2. The van der Waals surface area contributed by atoms with Gasteiger partial charge in [0.2, 0.25) is 6.41 Å². The Balaban J connectivity index is 1.62. The molecular weight excluding hydrogens is 388 g/mol. The van der Waals surface area contributed by atoms with Crippen LogP contribution in [0.15, 0.2) is 71.9 Å². The van der Waals surface area contributed by atoms with Gasteiger partial charge in [-0.15, -0.1) is 11.8 Å². The van der Waals surface area contributed by atoms with Crippen LogP contribution in [0.1, 0.15) is 24.2 Å². The molecule has 4 rings (SSSR count). The number of thioether (sulfide) groups is 1. The van der Waals surface area contributed by atoms with Gasteiger partial charge < -0.3 is 10.1 Å². The smallest absolute Gasteiger partial charge is 0.356 e. The van der Waals surface area contributed by atoms with Crippen LogP contribution in [0.3, 0.4) is 0 Å². The lowest BCUT2D eigenvalue weighted by atomic mass is 10.0. The van der Waals surface area contributed by atoms with Gasteiger partial charge in [0.05, 0.1) is 0 Å². The molecule has 0 saturated carbocycles. The lowest BCUT2D eigenvalue weighted by Gasteiger charge is -2.49. The fourth-order valence-corrected chi connectivity index (χ4v) is 4.91. The number of amides is 2. The Bertz CT molecular complexity index is 922. The first-order chi connectivity index (χ1) is 14.1. The molecule has 2 heterocycles. The number of hydrogen-bond acceptors (Lipinski definition) is 5. The van der Waals surface area contributed by atoms with Crippen molar-refractivity contribution in [3.05, 3.63) is 83.1 Å². The van der Waals surface area contributed by atoms with E-state index in [0.29, 0.717) is 12.2 Å². The molecule has 0 spiro atoms. The average molecular weight is 408 g/mol. The van der Waals surface area contributed by atoms with Crippen LogP contribution in [0, 0.1) is 0 Å². The molecule has 2 amide bonds. The van der Waals surface area contributed by atoms with Crippen molar-refractivity contribution in [2.75, 3.05) is 5.75 Å². The summed E-state index contributed by atoms with van der Waals surface area (Å²) in [5.74, 6) is -0.239. The summed E-state index contributed by atoms with van der Waals surface area (Å²) in [5, 5.41) is 2.24. The minimum absolute atomic E-state index is 0.277. The maximum absolute atomic E-state index is 13.2. The number of hydrogen-bond donors (Lipinski definition) is 1. The second-order valence-corrected chi connectivity index (χ2v) is 8.01. The van der Waals surface area contributed by atoms with Crippen molar-refractivity contribution in [1.82, 2.24) is 10.2 Å². The van der Waals surface area contributed by atoms with E-state index in [1.165, 1.54) is 16.7 Å². The van der Waals surface area contributed by atoms with E-state index in [2.05, 4.69) is 5.32 Å². The summed E-state index contributed by atoms with van der Waals surface area (Å²) in [6.45, 7) is 1.83. The van der Waals surface area contributed by atoms with Crippen LogP contribution < -0.4 is 5.32 Å². The largest absolute Gasteiger partial charge is 0.448 e. The van der Waals surface area contributed by atoms with Crippen molar-refractivity contribution in [2.24, 2.45) is 0 Å². The van der Waals surface area contributed by atoms with Gasteiger partial charge in [-0.05, 0) is 23.6 Å². The van der Waals surface area contributed by atoms with E-state index < -0.39 is 18.1 Å². The highest BCUT2D eigenvalue weighted by Gasteiger charge is 2.53. The summed E-state index contributed by atoms with van der Waals surface area (Å²) >= 11 is 1.52. The Morgan fingerprint density at radius 1 is 1.14 bits per heavy atom. The molecule has 0 radical (unpaired) electrons. The van der Waals surface area contributed by atoms with E-state index in [9.17, 15) is 14.4 Å². The number of fused-ring (bicyclic) bond motifs is 1. The molecule has 1 saturated heterocycles. The number of β-lactam (4-membered cyclic amide) rings is 1. The molecule has 2 aromatic carbocycles. The highest BCUT2D eigenvalue weighted by molar-refractivity contribution is 8.00. The van der Waals surface area contributed by atoms with E-state index in [0.717, 1.165) is 16.7 Å². The fourth-order valence-electron chi connectivity index (χ4n) is 3.60. The monoisotopic (exact) mass is 408 g/mol. The molecule has 2 aromatic rings. The van der Waals surface area contributed by atoms with Gasteiger partial charge in [-0.3, -0.25) is 14.5 Å². The van der Waals surface area contributed by atoms with Crippen LogP contribution in [0.2, 0.25) is 0 Å². The van der Waals surface area contributed by atoms with Crippen LogP contribution in [-0.4, -0.2) is 40.4 Å². The van der Waals surface area contributed by atoms with E-state index >= 15 is 0 Å². The molecular formula is C22H20N2O4S. The Morgan fingerprint density at radius 3 is 2.28 bits per heavy atom. The molecule has 6 nitrogen and oxygen atoms in total. The Hall–Kier alpha value is -3.06. The van der Waals surface area contributed by atoms with E-state index in [4.69, 9.17) is 4.74 Å². The second kappa shape index (κ2) is 8.13. The van der Waals surface area contributed by atoms with Gasteiger partial charge in [0.1, 0.15) is 17.1 Å². The van der Waals surface area contributed by atoms with Crippen LogP contribution in [0.25, 0.3) is 0 Å². The molecule has 2 aliphatic heterocycles. The quantitative estimate of drug-likeness (QED) is 0.452. The van der Waals surface area contributed by atoms with Gasteiger partial charge in [-0.25, -0.2) is 4.79 Å². The maximum atomic E-state index is 13.2. The normalized spacial score (nSPS) is 20.8. The third-order valence-electron chi connectivity index (χ3n) is 5.03. The molecule has 29 heavy (non-hydrogen) atoms. The number of rotatable bonds is 6. The zero-order valence-corrected chi connectivity index (χ0v) is 16.6. The highest BCUT2D eigenvalue weighted by atomic mass is 32.2. The highest BCUT2D eigenvalue weighted by Crippen LogP contribution is 2.41. The fraction of sp³-hybridized carbons (Fsp3) is 0.227. The van der Waals surface area contributed by atoms with E-state index in [1.54, 1.807) is 0 Å². The first-order valence-electron chi connectivity index (χ1n) is 9.27. The van der Waals surface area contributed by atoms with Gasteiger partial charge in [0, 0.05) is 5.75 Å². The van der Waals surface area contributed by atoms with Crippen LogP contribution in [-0.2, 0) is 19.1 Å². The zero-order chi connectivity index (χ0) is 20.4. The Labute approximate surface area is 172 Å². The third kappa shape index (κ3) is 3.53. The minimum Gasteiger partial charge on any atom is -0.448 e. The number of nitrogens with zero attached hydrogens (tertiary/aromatic N) is 1. The molecule has 1 fully saturated rings. The standard InChI is InChI=1S/C22H20N2O4S/c1-14-12-29-21-17(23-13-25)20(26)24(21)18(14)22(27)28-19(15-8-4-2-5-9-15)16-10-6-3-7-11-16/h2-11,13,17,19,21H,12H2,1H3,(H,23,25)/t17?,21-/m1/s1. The van der Waals surface area contributed by atoms with Crippen molar-refractivity contribution in [1.29, 1.82) is 0 Å². The predicted octanol–water partition coefficient (Wildman–Crippen LogP) is 2.62. The number of nitrogens with one attached hydrogen (secondary N) is 1. The summed E-state index contributed by atoms with van der Waals surface area (Å²) in [7, 11) is 0. The van der Waals surface area contributed by atoms with Gasteiger partial charge >= 0.3 is 5.97 Å². The van der Waals surface area contributed by atoms with Crippen molar-refractivity contribution >= 4 is 30.0 Å². The Morgan fingerprint density at radius 2 is 1.72 bits per heavy atom. The van der Waals surface area contributed by atoms with Crippen LogP contribution in [0.5, 0.6) is 0 Å². The molecule has 0 bridgehead atoms. The number of esters is 1. The topological polar surface area (TPSA) is 75.7 Å². The minimum atomic E-state index is -0.604. The molecule has 2 aliphatic rings. The Kier molecular flexibility index (Phi) is 5.40. The summed E-state index contributed by atoms with van der Waals surface area (Å²) in [6, 6.07) is 18.4. The van der Waals surface area contributed by atoms with E-state index in [1.807, 2.05) is 67.6 Å². The summed E-state index contributed by atoms with van der Waals surface area (Å²) in [5.41, 5.74) is 2.76. The lowest BCUT2D eigenvalue weighted by molar-refractivity contribution is -0.154. The number of carbonyl (C=O) groups is 3. The first kappa shape index (κ1) is 19.3. The first-order valence-corrected chi connectivity index (χ1v) is 10.3. The van der Waals surface area contributed by atoms with Gasteiger partial charge in [-0.2, -0.15) is 0 Å². The molecule has 1 unspecified atom stereocenters. The molecule has 0 aromatic heterocycles. The SMILES string of the molecule is CC1=C(C(=O)OC(c2ccccc2)c2ccccc2)N2C(=O)C(NC=O)[C@H]2SC1. The van der Waals surface area contributed by atoms with Crippen molar-refractivity contribution in [2.45, 2.75) is 24.4 Å². The molecule has 148 valence electrons. The average Bonchev–Trinajstić information content (AvgIpc) is 2.76. The molecule has 1 N–H and O–H groups in total. The maximum Gasteiger partial charge on any atom is 0.356 e. The second-order valence-electron chi connectivity index (χ2n) is 6.91. The molecule has 2 atom stereocenters. The molecule has 7 heteroatoms. The van der Waals surface area contributed by atoms with Crippen molar-refractivity contribution in [3.63, 3.8) is 0 Å². The lowest BCUT2D eigenvalue weighted by Crippen LogP contribution is -2.69. The third-order valence-corrected chi connectivity index (χ3v) is 6.45. The van der Waals surface area contributed by atoms with Crippen LogP contribution in [0.4, 0.5) is 0 Å².